The quantitative estimate of drug-likeness (QED) is 0.782. The van der Waals surface area contributed by atoms with Crippen molar-refractivity contribution in [1.29, 1.82) is 0 Å². The SMILES string of the molecule is CNCCCC(=O)N1CCN(C2CCC2)CC1.Cl.Cl. The van der Waals surface area contributed by atoms with Gasteiger partial charge in [-0.1, -0.05) is 6.42 Å². The number of carbonyl (C=O) groups is 1. The van der Waals surface area contributed by atoms with Gasteiger partial charge in [0.1, 0.15) is 0 Å². The summed E-state index contributed by atoms with van der Waals surface area (Å²) in [6.45, 7) is 4.99. The second-order valence-corrected chi connectivity index (χ2v) is 5.21. The molecule has 0 aromatic rings. The van der Waals surface area contributed by atoms with Crippen LogP contribution in [0.4, 0.5) is 0 Å². The lowest BCUT2D eigenvalue weighted by molar-refractivity contribution is -0.133. The van der Waals surface area contributed by atoms with E-state index in [1.54, 1.807) is 0 Å². The number of hydrogen-bond acceptors (Lipinski definition) is 3. The number of piperazine rings is 1. The Kier molecular flexibility index (Phi) is 9.79. The molecule has 1 aliphatic carbocycles. The number of nitrogens with one attached hydrogen (secondary N) is 1. The van der Waals surface area contributed by atoms with Crippen LogP contribution in [-0.4, -0.2) is 61.5 Å². The molecule has 1 amide bonds. The van der Waals surface area contributed by atoms with Crippen molar-refractivity contribution in [3.8, 4) is 0 Å². The van der Waals surface area contributed by atoms with E-state index in [9.17, 15) is 4.79 Å². The first kappa shape index (κ1) is 19.0. The largest absolute Gasteiger partial charge is 0.340 e. The van der Waals surface area contributed by atoms with Gasteiger partial charge in [0, 0.05) is 38.6 Å². The zero-order valence-corrected chi connectivity index (χ0v) is 13.4. The average molecular weight is 312 g/mol. The van der Waals surface area contributed by atoms with Crippen molar-refractivity contribution in [3.05, 3.63) is 0 Å². The molecule has 1 saturated carbocycles. The van der Waals surface area contributed by atoms with Crippen LogP contribution in [0.15, 0.2) is 0 Å². The van der Waals surface area contributed by atoms with Crippen LogP contribution in [0.5, 0.6) is 0 Å². The van der Waals surface area contributed by atoms with Crippen molar-refractivity contribution in [2.24, 2.45) is 0 Å². The third-order valence-electron chi connectivity index (χ3n) is 4.08. The fourth-order valence-electron chi connectivity index (χ4n) is 2.66. The molecule has 19 heavy (non-hydrogen) atoms. The number of amides is 1. The van der Waals surface area contributed by atoms with Gasteiger partial charge >= 0.3 is 0 Å². The van der Waals surface area contributed by atoms with Gasteiger partial charge < -0.3 is 10.2 Å². The van der Waals surface area contributed by atoms with Crippen LogP contribution in [0.3, 0.4) is 0 Å². The zero-order valence-electron chi connectivity index (χ0n) is 11.8. The van der Waals surface area contributed by atoms with Gasteiger partial charge in [-0.25, -0.2) is 0 Å². The summed E-state index contributed by atoms with van der Waals surface area (Å²) in [6, 6.07) is 0.830. The first-order chi connectivity index (χ1) is 8.31. The molecule has 114 valence electrons. The van der Waals surface area contributed by atoms with E-state index < -0.39 is 0 Å². The normalized spacial score (nSPS) is 20.2. The predicted molar refractivity (Wildman–Crippen MR) is 83.4 cm³/mol. The molecule has 1 aliphatic heterocycles. The Morgan fingerprint density at radius 1 is 1.16 bits per heavy atom. The fraction of sp³-hybridized carbons (Fsp3) is 0.923. The second kappa shape index (κ2) is 9.81. The number of halogens is 2. The van der Waals surface area contributed by atoms with Gasteiger partial charge in [-0.15, -0.1) is 24.8 Å². The summed E-state index contributed by atoms with van der Waals surface area (Å²) >= 11 is 0. The maximum atomic E-state index is 11.9. The maximum absolute atomic E-state index is 11.9. The highest BCUT2D eigenvalue weighted by Gasteiger charge is 2.28. The van der Waals surface area contributed by atoms with E-state index in [0.29, 0.717) is 12.3 Å². The Labute approximate surface area is 129 Å². The molecule has 0 atom stereocenters. The zero-order chi connectivity index (χ0) is 12.1. The van der Waals surface area contributed by atoms with E-state index >= 15 is 0 Å². The van der Waals surface area contributed by atoms with Gasteiger partial charge in [0.2, 0.25) is 5.91 Å². The molecule has 0 bridgehead atoms. The number of rotatable bonds is 5. The lowest BCUT2D eigenvalue weighted by Gasteiger charge is -2.43. The van der Waals surface area contributed by atoms with E-state index in [0.717, 1.165) is 45.2 Å². The lowest BCUT2D eigenvalue weighted by Crippen LogP contribution is -2.53. The Hall–Kier alpha value is -0.0300. The van der Waals surface area contributed by atoms with Crippen LogP contribution >= 0.6 is 24.8 Å². The Bertz CT molecular complexity index is 254. The van der Waals surface area contributed by atoms with Crippen LogP contribution < -0.4 is 5.32 Å². The average Bonchev–Trinajstić information content (AvgIpc) is 2.28. The highest BCUT2D eigenvalue weighted by atomic mass is 35.5. The van der Waals surface area contributed by atoms with Crippen molar-refractivity contribution in [1.82, 2.24) is 15.1 Å². The summed E-state index contributed by atoms with van der Waals surface area (Å²) in [4.78, 5) is 16.5. The van der Waals surface area contributed by atoms with Gasteiger partial charge in [0.05, 0.1) is 0 Å². The van der Waals surface area contributed by atoms with Crippen LogP contribution in [0.1, 0.15) is 32.1 Å². The number of nitrogens with zero attached hydrogens (tertiary/aromatic N) is 2. The van der Waals surface area contributed by atoms with Gasteiger partial charge in [0.25, 0.3) is 0 Å². The van der Waals surface area contributed by atoms with Crippen molar-refractivity contribution in [3.63, 3.8) is 0 Å². The minimum atomic E-state index is 0. The molecule has 1 N–H and O–H groups in total. The molecule has 0 unspecified atom stereocenters. The van der Waals surface area contributed by atoms with Gasteiger partial charge in [-0.2, -0.15) is 0 Å². The molecular weight excluding hydrogens is 285 g/mol. The lowest BCUT2D eigenvalue weighted by atomic mass is 9.91. The smallest absolute Gasteiger partial charge is 0.222 e. The monoisotopic (exact) mass is 311 g/mol. The van der Waals surface area contributed by atoms with Gasteiger partial charge in [-0.3, -0.25) is 9.69 Å². The first-order valence-electron chi connectivity index (χ1n) is 6.97. The van der Waals surface area contributed by atoms with E-state index in [2.05, 4.69) is 10.2 Å². The summed E-state index contributed by atoms with van der Waals surface area (Å²) in [7, 11) is 1.93. The molecule has 2 aliphatic rings. The predicted octanol–water partition coefficient (Wildman–Crippen LogP) is 1.53. The summed E-state index contributed by atoms with van der Waals surface area (Å²) < 4.78 is 0. The number of hydrogen-bond donors (Lipinski definition) is 1. The summed E-state index contributed by atoms with van der Waals surface area (Å²) in [5, 5.41) is 3.08. The first-order valence-corrected chi connectivity index (χ1v) is 6.97. The second-order valence-electron chi connectivity index (χ2n) is 5.21. The molecular formula is C13H27Cl2N3O. The van der Waals surface area contributed by atoms with Crippen molar-refractivity contribution < 1.29 is 4.79 Å². The van der Waals surface area contributed by atoms with Crippen LogP contribution in [0.2, 0.25) is 0 Å². The van der Waals surface area contributed by atoms with Crippen molar-refractivity contribution in [2.45, 2.75) is 38.1 Å². The summed E-state index contributed by atoms with van der Waals surface area (Å²) in [5.74, 6) is 0.341. The van der Waals surface area contributed by atoms with E-state index in [1.165, 1.54) is 19.3 Å². The Balaban J connectivity index is 0.00000162. The standard InChI is InChI=1S/C13H25N3O.2ClH/c1-14-7-3-6-13(17)16-10-8-15(9-11-16)12-4-2-5-12;;/h12,14H,2-11H2,1H3;2*1H. The van der Waals surface area contributed by atoms with E-state index in [4.69, 9.17) is 0 Å². The van der Waals surface area contributed by atoms with Crippen molar-refractivity contribution >= 4 is 30.7 Å². The van der Waals surface area contributed by atoms with Gasteiger partial charge in [-0.05, 0) is 32.9 Å². The molecule has 4 nitrogen and oxygen atoms in total. The number of carbonyl (C=O) groups excluding carboxylic acids is 1. The molecule has 1 saturated heterocycles. The van der Waals surface area contributed by atoms with Crippen LogP contribution in [-0.2, 0) is 4.79 Å². The minimum Gasteiger partial charge on any atom is -0.340 e. The molecule has 0 spiro atoms. The molecule has 0 radical (unpaired) electrons. The maximum Gasteiger partial charge on any atom is 0.222 e. The van der Waals surface area contributed by atoms with Crippen LogP contribution in [0, 0.1) is 0 Å². The molecule has 6 heteroatoms. The fourth-order valence-corrected chi connectivity index (χ4v) is 2.66. The van der Waals surface area contributed by atoms with Crippen LogP contribution in [0.25, 0.3) is 0 Å². The minimum absolute atomic E-state index is 0. The summed E-state index contributed by atoms with van der Waals surface area (Å²) in [5.41, 5.74) is 0. The molecule has 2 fully saturated rings. The topological polar surface area (TPSA) is 35.6 Å². The van der Waals surface area contributed by atoms with Crippen molar-refractivity contribution in [2.75, 3.05) is 39.8 Å². The highest BCUT2D eigenvalue weighted by molar-refractivity contribution is 5.85. The third kappa shape index (κ3) is 5.46. The molecule has 0 aromatic heterocycles. The highest BCUT2D eigenvalue weighted by Crippen LogP contribution is 2.25. The van der Waals surface area contributed by atoms with Gasteiger partial charge in [0.15, 0.2) is 0 Å². The van der Waals surface area contributed by atoms with E-state index in [1.807, 2.05) is 11.9 Å². The Morgan fingerprint density at radius 3 is 2.26 bits per heavy atom. The van der Waals surface area contributed by atoms with E-state index in [-0.39, 0.29) is 24.8 Å². The Morgan fingerprint density at radius 2 is 1.79 bits per heavy atom. The third-order valence-corrected chi connectivity index (χ3v) is 4.08. The molecule has 0 aromatic carbocycles. The summed E-state index contributed by atoms with van der Waals surface area (Å²) in [6.07, 6.45) is 5.79. The molecule has 2 rings (SSSR count). The molecule has 1 heterocycles.